The molecular weight excluding hydrogens is 376 g/mol. The third-order valence-corrected chi connectivity index (χ3v) is 5.68. The number of rotatable bonds is 6. The van der Waals surface area contributed by atoms with Gasteiger partial charge in [-0.1, -0.05) is 0 Å². The lowest BCUT2D eigenvalue weighted by molar-refractivity contribution is -0.131. The molecule has 0 saturated carbocycles. The molecule has 0 radical (unpaired) electrons. The minimum Gasteiger partial charge on any atom is -0.493 e. The van der Waals surface area contributed by atoms with E-state index in [1.54, 1.807) is 32.6 Å². The van der Waals surface area contributed by atoms with E-state index in [1.165, 1.54) is 10.4 Å². The van der Waals surface area contributed by atoms with Gasteiger partial charge in [-0.3, -0.25) is 9.79 Å². The first-order chi connectivity index (χ1) is 13.6. The smallest absolute Gasteiger partial charge is 0.224 e. The van der Waals surface area contributed by atoms with Crippen molar-refractivity contribution in [3.8, 4) is 11.5 Å². The van der Waals surface area contributed by atoms with E-state index in [4.69, 9.17) is 9.47 Å². The van der Waals surface area contributed by atoms with E-state index in [2.05, 4.69) is 27.1 Å². The largest absolute Gasteiger partial charge is 0.493 e. The number of amides is 1. The van der Waals surface area contributed by atoms with E-state index < -0.39 is 0 Å². The normalized spacial score (nSPS) is 13.7. The molecule has 0 saturated heterocycles. The number of aliphatic imine (C=N–C) groups is 1. The molecule has 1 aromatic heterocycles. The van der Waals surface area contributed by atoms with Crippen LogP contribution in [0.2, 0.25) is 0 Å². The zero-order valence-corrected chi connectivity index (χ0v) is 17.3. The number of nitrogens with zero attached hydrogens (tertiary/aromatic N) is 2. The SMILES string of the molecule is CN=C(NCCC(=O)N1CCc2sccc2C1)Nc1ccc(OC)c(OC)c1. The summed E-state index contributed by atoms with van der Waals surface area (Å²) in [7, 11) is 4.89. The predicted molar refractivity (Wildman–Crippen MR) is 113 cm³/mol. The fourth-order valence-electron chi connectivity index (χ4n) is 3.14. The zero-order valence-electron chi connectivity index (χ0n) is 16.4. The van der Waals surface area contributed by atoms with Gasteiger partial charge in [0.1, 0.15) is 0 Å². The summed E-state index contributed by atoms with van der Waals surface area (Å²) in [5, 5.41) is 8.49. The maximum Gasteiger partial charge on any atom is 0.224 e. The van der Waals surface area contributed by atoms with Gasteiger partial charge in [-0.25, -0.2) is 0 Å². The number of fused-ring (bicyclic) bond motifs is 1. The first-order valence-electron chi connectivity index (χ1n) is 9.17. The summed E-state index contributed by atoms with van der Waals surface area (Å²) in [6, 6.07) is 7.66. The summed E-state index contributed by atoms with van der Waals surface area (Å²) in [4.78, 5) is 20.1. The molecule has 1 amide bonds. The van der Waals surface area contributed by atoms with Crippen molar-refractivity contribution in [2.45, 2.75) is 19.4 Å². The molecule has 0 unspecified atom stereocenters. The Morgan fingerprint density at radius 3 is 2.82 bits per heavy atom. The van der Waals surface area contributed by atoms with Gasteiger partial charge in [0.15, 0.2) is 17.5 Å². The van der Waals surface area contributed by atoms with E-state index in [0.29, 0.717) is 30.4 Å². The van der Waals surface area contributed by atoms with Crippen LogP contribution in [0.1, 0.15) is 16.9 Å². The monoisotopic (exact) mass is 402 g/mol. The van der Waals surface area contributed by atoms with E-state index in [0.717, 1.165) is 25.2 Å². The van der Waals surface area contributed by atoms with Crippen molar-refractivity contribution in [2.75, 3.05) is 39.7 Å². The molecule has 0 spiro atoms. The number of hydrogen-bond acceptors (Lipinski definition) is 5. The Bertz CT molecular complexity index is 850. The lowest BCUT2D eigenvalue weighted by Gasteiger charge is -2.27. The number of thiophene rings is 1. The number of benzene rings is 1. The average molecular weight is 403 g/mol. The molecule has 0 atom stereocenters. The maximum atomic E-state index is 12.5. The molecule has 8 heteroatoms. The molecular formula is C20H26N4O3S. The van der Waals surface area contributed by atoms with Gasteiger partial charge in [-0.15, -0.1) is 11.3 Å². The van der Waals surface area contributed by atoms with Gasteiger partial charge in [0, 0.05) is 49.7 Å². The fourth-order valence-corrected chi connectivity index (χ4v) is 4.03. The van der Waals surface area contributed by atoms with E-state index in [9.17, 15) is 4.79 Å². The molecule has 2 N–H and O–H groups in total. The van der Waals surface area contributed by atoms with Gasteiger partial charge in [0.05, 0.1) is 14.2 Å². The van der Waals surface area contributed by atoms with Crippen molar-refractivity contribution in [3.05, 3.63) is 40.1 Å². The summed E-state index contributed by atoms with van der Waals surface area (Å²) in [6.07, 6.45) is 1.38. The van der Waals surface area contributed by atoms with Crippen molar-refractivity contribution in [3.63, 3.8) is 0 Å². The summed E-state index contributed by atoms with van der Waals surface area (Å²) in [5.41, 5.74) is 2.10. The van der Waals surface area contributed by atoms with Crippen molar-refractivity contribution < 1.29 is 14.3 Å². The molecule has 0 aliphatic carbocycles. The lowest BCUT2D eigenvalue weighted by atomic mass is 10.1. The Hall–Kier alpha value is -2.74. The second-order valence-electron chi connectivity index (χ2n) is 6.38. The van der Waals surface area contributed by atoms with Crippen molar-refractivity contribution in [2.24, 2.45) is 4.99 Å². The maximum absolute atomic E-state index is 12.5. The van der Waals surface area contributed by atoms with Gasteiger partial charge in [-0.05, 0) is 35.6 Å². The molecule has 28 heavy (non-hydrogen) atoms. The van der Waals surface area contributed by atoms with Crippen LogP contribution in [-0.2, 0) is 17.8 Å². The van der Waals surface area contributed by atoms with Gasteiger partial charge in [0.25, 0.3) is 0 Å². The molecule has 0 fully saturated rings. The van der Waals surface area contributed by atoms with Crippen molar-refractivity contribution in [1.82, 2.24) is 10.2 Å². The number of guanidine groups is 1. The van der Waals surface area contributed by atoms with Gasteiger partial charge in [-0.2, -0.15) is 0 Å². The van der Waals surface area contributed by atoms with Crippen LogP contribution in [0.4, 0.5) is 5.69 Å². The number of carbonyl (C=O) groups excluding carboxylic acids is 1. The standard InChI is InChI=1S/C20H26N4O3S/c1-21-20(23-15-4-5-16(26-2)17(12-15)27-3)22-9-6-19(25)24-10-7-18-14(13-24)8-11-28-18/h4-5,8,11-12H,6-7,9-10,13H2,1-3H3,(H2,21,22,23). The van der Waals surface area contributed by atoms with Gasteiger partial charge < -0.3 is 25.0 Å². The van der Waals surface area contributed by atoms with Crippen molar-refractivity contribution >= 4 is 28.9 Å². The van der Waals surface area contributed by atoms with Crippen LogP contribution in [-0.4, -0.2) is 51.1 Å². The average Bonchev–Trinajstić information content (AvgIpc) is 3.20. The summed E-state index contributed by atoms with van der Waals surface area (Å²) in [5.74, 6) is 2.05. The number of methoxy groups -OCH3 is 2. The van der Waals surface area contributed by atoms with Crippen molar-refractivity contribution in [1.29, 1.82) is 0 Å². The van der Waals surface area contributed by atoms with E-state index >= 15 is 0 Å². The predicted octanol–water partition coefficient (Wildman–Crippen LogP) is 2.73. The highest BCUT2D eigenvalue weighted by Crippen LogP contribution is 2.29. The molecule has 1 aliphatic heterocycles. The summed E-state index contributed by atoms with van der Waals surface area (Å²) >= 11 is 1.78. The third-order valence-electron chi connectivity index (χ3n) is 4.66. The Morgan fingerprint density at radius 1 is 1.25 bits per heavy atom. The van der Waals surface area contributed by atoms with Crippen LogP contribution in [0.25, 0.3) is 0 Å². The minimum atomic E-state index is 0.158. The van der Waals surface area contributed by atoms with Crippen LogP contribution in [0.15, 0.2) is 34.6 Å². The minimum absolute atomic E-state index is 0.158. The molecule has 150 valence electrons. The highest BCUT2D eigenvalue weighted by atomic mass is 32.1. The topological polar surface area (TPSA) is 75.2 Å². The molecule has 2 heterocycles. The zero-order chi connectivity index (χ0) is 19.9. The number of nitrogens with one attached hydrogen (secondary N) is 2. The molecule has 7 nitrogen and oxygen atoms in total. The Morgan fingerprint density at radius 2 is 2.07 bits per heavy atom. The molecule has 2 aromatic rings. The highest BCUT2D eigenvalue weighted by molar-refractivity contribution is 7.10. The van der Waals surface area contributed by atoms with Crippen LogP contribution < -0.4 is 20.1 Å². The fraction of sp³-hybridized carbons (Fsp3) is 0.400. The van der Waals surface area contributed by atoms with Crippen LogP contribution in [0.5, 0.6) is 11.5 Å². The first kappa shape index (κ1) is 20.0. The van der Waals surface area contributed by atoms with Gasteiger partial charge in [0.2, 0.25) is 5.91 Å². The van der Waals surface area contributed by atoms with E-state index in [-0.39, 0.29) is 5.91 Å². The number of hydrogen-bond donors (Lipinski definition) is 2. The first-order valence-corrected chi connectivity index (χ1v) is 10.0. The second kappa shape index (κ2) is 9.45. The lowest BCUT2D eigenvalue weighted by Crippen LogP contribution is -2.38. The summed E-state index contributed by atoms with van der Waals surface area (Å²) < 4.78 is 10.6. The molecule has 1 aromatic carbocycles. The highest BCUT2D eigenvalue weighted by Gasteiger charge is 2.21. The Balaban J connectivity index is 1.49. The van der Waals surface area contributed by atoms with Crippen LogP contribution >= 0.6 is 11.3 Å². The quantitative estimate of drug-likeness (QED) is 0.574. The van der Waals surface area contributed by atoms with E-state index in [1.807, 2.05) is 23.1 Å². The Kier molecular flexibility index (Phi) is 6.76. The molecule has 0 bridgehead atoms. The number of anilines is 1. The number of carbonyl (C=O) groups is 1. The third kappa shape index (κ3) is 4.75. The van der Waals surface area contributed by atoms with Gasteiger partial charge >= 0.3 is 0 Å². The van der Waals surface area contributed by atoms with Crippen LogP contribution in [0.3, 0.4) is 0 Å². The second-order valence-corrected chi connectivity index (χ2v) is 7.38. The number of ether oxygens (including phenoxy) is 2. The molecule has 3 rings (SSSR count). The summed E-state index contributed by atoms with van der Waals surface area (Å²) in [6.45, 7) is 2.03. The Labute approximate surface area is 169 Å². The molecule has 1 aliphatic rings. The van der Waals surface area contributed by atoms with Crippen LogP contribution in [0, 0.1) is 0 Å².